The van der Waals surface area contributed by atoms with Crippen molar-refractivity contribution in [3.8, 4) is 0 Å². The highest BCUT2D eigenvalue weighted by Gasteiger charge is 2.45. The number of carbonyl (C=O) groups is 2. The molecule has 0 aromatic rings. The van der Waals surface area contributed by atoms with E-state index in [1.165, 1.54) is 0 Å². The molecule has 120 valence electrons. The summed E-state index contributed by atoms with van der Waals surface area (Å²) in [5.41, 5.74) is 0. The maximum Gasteiger partial charge on any atom is 0.246 e. The van der Waals surface area contributed by atoms with Crippen molar-refractivity contribution in [1.82, 2.24) is 10.2 Å². The van der Waals surface area contributed by atoms with E-state index in [0.29, 0.717) is 12.3 Å². The van der Waals surface area contributed by atoms with Crippen molar-refractivity contribution in [2.24, 2.45) is 17.8 Å². The first-order valence-corrected chi connectivity index (χ1v) is 8.49. The van der Waals surface area contributed by atoms with Crippen molar-refractivity contribution in [1.29, 1.82) is 0 Å². The van der Waals surface area contributed by atoms with Crippen LogP contribution in [0.2, 0.25) is 0 Å². The zero-order chi connectivity index (χ0) is 15.7. The molecule has 0 aromatic heterocycles. The summed E-state index contributed by atoms with van der Waals surface area (Å²) in [4.78, 5) is 27.3. The topological polar surface area (TPSA) is 49.4 Å². The largest absolute Gasteiger partial charge is 0.342 e. The van der Waals surface area contributed by atoms with Crippen LogP contribution in [-0.4, -0.2) is 34.8 Å². The zero-order valence-electron chi connectivity index (χ0n) is 14.1. The van der Waals surface area contributed by atoms with Crippen molar-refractivity contribution in [3.05, 3.63) is 0 Å². The molecule has 1 heterocycles. The molecule has 1 aliphatic carbocycles. The molecule has 0 aromatic carbocycles. The van der Waals surface area contributed by atoms with Gasteiger partial charge in [-0.05, 0) is 43.4 Å². The summed E-state index contributed by atoms with van der Waals surface area (Å²) in [6.07, 6.45) is 4.03. The van der Waals surface area contributed by atoms with E-state index in [2.05, 4.69) is 19.2 Å². The molecule has 0 radical (unpaired) electrons. The first-order valence-electron chi connectivity index (χ1n) is 8.49. The first kappa shape index (κ1) is 16.3. The summed E-state index contributed by atoms with van der Waals surface area (Å²) in [6.45, 7) is 10.5. The molecular weight excluding hydrogens is 264 g/mol. The maximum atomic E-state index is 12.9. The van der Waals surface area contributed by atoms with Gasteiger partial charge < -0.3 is 10.2 Å². The molecule has 2 fully saturated rings. The van der Waals surface area contributed by atoms with Crippen molar-refractivity contribution in [2.75, 3.05) is 0 Å². The molecule has 5 unspecified atom stereocenters. The minimum Gasteiger partial charge on any atom is -0.342 e. The second-order valence-corrected chi connectivity index (χ2v) is 7.36. The number of hydrogen-bond donors (Lipinski definition) is 1. The van der Waals surface area contributed by atoms with Gasteiger partial charge in [-0.15, -0.1) is 0 Å². The lowest BCUT2D eigenvalue weighted by Crippen LogP contribution is -2.67. The molecule has 2 aliphatic rings. The van der Waals surface area contributed by atoms with Gasteiger partial charge in [0.2, 0.25) is 11.8 Å². The van der Waals surface area contributed by atoms with Crippen LogP contribution < -0.4 is 5.32 Å². The Morgan fingerprint density at radius 1 is 1.24 bits per heavy atom. The Balaban J connectivity index is 2.27. The normalized spacial score (nSPS) is 37.8. The molecule has 1 saturated carbocycles. The molecule has 4 heteroatoms. The molecule has 1 N–H and O–H groups in total. The molecule has 1 saturated heterocycles. The number of nitrogens with one attached hydrogen (secondary N) is 1. The lowest BCUT2D eigenvalue weighted by atomic mass is 9.77. The van der Waals surface area contributed by atoms with Crippen molar-refractivity contribution < 1.29 is 9.59 Å². The van der Waals surface area contributed by atoms with E-state index < -0.39 is 0 Å². The van der Waals surface area contributed by atoms with Gasteiger partial charge in [0.1, 0.15) is 12.1 Å². The van der Waals surface area contributed by atoms with E-state index in [4.69, 9.17) is 0 Å². The van der Waals surface area contributed by atoms with Crippen molar-refractivity contribution >= 4 is 11.8 Å². The van der Waals surface area contributed by atoms with E-state index in [9.17, 15) is 9.59 Å². The zero-order valence-corrected chi connectivity index (χ0v) is 14.1. The summed E-state index contributed by atoms with van der Waals surface area (Å²) in [5, 5.41) is 2.93. The molecule has 21 heavy (non-hydrogen) atoms. The van der Waals surface area contributed by atoms with Gasteiger partial charge in [0.25, 0.3) is 0 Å². The third-order valence-electron chi connectivity index (χ3n) is 5.25. The first-order chi connectivity index (χ1) is 9.86. The molecule has 0 bridgehead atoms. The smallest absolute Gasteiger partial charge is 0.246 e. The monoisotopic (exact) mass is 294 g/mol. The van der Waals surface area contributed by atoms with Crippen LogP contribution >= 0.6 is 0 Å². The Kier molecular flexibility index (Phi) is 4.95. The number of carbonyl (C=O) groups excluding carboxylic acids is 2. The molecule has 4 nitrogen and oxygen atoms in total. The van der Waals surface area contributed by atoms with Crippen LogP contribution in [0, 0.1) is 17.8 Å². The number of piperazine rings is 1. The van der Waals surface area contributed by atoms with Crippen LogP contribution in [0.15, 0.2) is 0 Å². The molecule has 2 rings (SSSR count). The Labute approximate surface area is 128 Å². The fraction of sp³-hybridized carbons (Fsp3) is 0.882. The van der Waals surface area contributed by atoms with Crippen LogP contribution in [-0.2, 0) is 9.59 Å². The summed E-state index contributed by atoms with van der Waals surface area (Å²) < 4.78 is 0. The second kappa shape index (κ2) is 6.37. The summed E-state index contributed by atoms with van der Waals surface area (Å²) >= 11 is 0. The number of hydrogen-bond acceptors (Lipinski definition) is 2. The lowest BCUT2D eigenvalue weighted by molar-refractivity contribution is -0.156. The van der Waals surface area contributed by atoms with Crippen LogP contribution in [0.4, 0.5) is 0 Å². The highest BCUT2D eigenvalue weighted by atomic mass is 16.2. The van der Waals surface area contributed by atoms with E-state index in [0.717, 1.165) is 25.2 Å². The van der Waals surface area contributed by atoms with Gasteiger partial charge in [0.05, 0.1) is 0 Å². The van der Waals surface area contributed by atoms with E-state index in [1.807, 2.05) is 25.7 Å². The Morgan fingerprint density at radius 3 is 2.43 bits per heavy atom. The Hall–Kier alpha value is -1.06. The average molecular weight is 294 g/mol. The summed E-state index contributed by atoms with van der Waals surface area (Å²) in [6, 6.07) is -0.411. The van der Waals surface area contributed by atoms with Gasteiger partial charge in [-0.2, -0.15) is 0 Å². The fourth-order valence-corrected chi connectivity index (χ4v) is 4.04. The third-order valence-corrected chi connectivity index (χ3v) is 5.25. The number of rotatable bonds is 3. The van der Waals surface area contributed by atoms with Gasteiger partial charge in [-0.3, -0.25) is 9.59 Å². The van der Waals surface area contributed by atoms with Gasteiger partial charge in [0, 0.05) is 6.04 Å². The number of amides is 2. The van der Waals surface area contributed by atoms with Crippen LogP contribution in [0.3, 0.4) is 0 Å². The molecule has 1 aliphatic heterocycles. The fourth-order valence-electron chi connectivity index (χ4n) is 4.04. The van der Waals surface area contributed by atoms with Gasteiger partial charge >= 0.3 is 0 Å². The van der Waals surface area contributed by atoms with Gasteiger partial charge in [-0.1, -0.05) is 34.6 Å². The number of nitrogens with zero attached hydrogens (tertiary/aromatic N) is 1. The van der Waals surface area contributed by atoms with Crippen LogP contribution in [0.25, 0.3) is 0 Å². The van der Waals surface area contributed by atoms with Gasteiger partial charge in [0.15, 0.2) is 0 Å². The molecular formula is C17H30N2O2. The van der Waals surface area contributed by atoms with E-state index in [-0.39, 0.29) is 35.9 Å². The van der Waals surface area contributed by atoms with Crippen molar-refractivity contribution in [2.45, 2.75) is 78.4 Å². The van der Waals surface area contributed by atoms with Gasteiger partial charge in [-0.25, -0.2) is 0 Å². The Bertz CT molecular complexity index is 408. The maximum absolute atomic E-state index is 12.9. The average Bonchev–Trinajstić information content (AvgIpc) is 2.41. The second-order valence-electron chi connectivity index (χ2n) is 7.36. The third kappa shape index (κ3) is 3.09. The minimum atomic E-state index is -0.355. The van der Waals surface area contributed by atoms with Crippen LogP contribution in [0.1, 0.15) is 60.3 Å². The van der Waals surface area contributed by atoms with E-state index >= 15 is 0 Å². The molecule has 2 amide bonds. The molecule has 5 atom stereocenters. The van der Waals surface area contributed by atoms with E-state index in [1.54, 1.807) is 0 Å². The predicted octanol–water partition coefficient (Wildman–Crippen LogP) is 2.57. The SMILES string of the molecule is CCC1C(=O)NC(C(C)C)C(=O)N1C1CCC(C)CC1C. The lowest BCUT2D eigenvalue weighted by Gasteiger charge is -2.48. The molecule has 0 spiro atoms. The highest BCUT2D eigenvalue weighted by molar-refractivity contribution is 5.97. The quantitative estimate of drug-likeness (QED) is 0.869. The standard InChI is InChI=1S/C17H30N2O2/c1-6-13-16(20)18-15(10(2)3)17(21)19(13)14-8-7-11(4)9-12(14)5/h10-15H,6-9H2,1-5H3,(H,18,20). The van der Waals surface area contributed by atoms with Crippen molar-refractivity contribution in [3.63, 3.8) is 0 Å². The van der Waals surface area contributed by atoms with Crippen LogP contribution in [0.5, 0.6) is 0 Å². The predicted molar refractivity (Wildman–Crippen MR) is 83.7 cm³/mol. The Morgan fingerprint density at radius 2 is 1.90 bits per heavy atom. The summed E-state index contributed by atoms with van der Waals surface area (Å²) in [5.74, 6) is 1.50. The highest BCUT2D eigenvalue weighted by Crippen LogP contribution is 2.35. The minimum absolute atomic E-state index is 0.0293. The summed E-state index contributed by atoms with van der Waals surface area (Å²) in [7, 11) is 0.